The number of hydrogen-bond donors (Lipinski definition) is 2. The first kappa shape index (κ1) is 13.0. The van der Waals surface area contributed by atoms with Crippen LogP contribution >= 0.6 is 11.6 Å². The predicted molar refractivity (Wildman–Crippen MR) is 66.2 cm³/mol. The average molecular weight is 272 g/mol. The van der Waals surface area contributed by atoms with Crippen LogP contribution in [0, 0.1) is 0 Å². The Kier molecular flexibility index (Phi) is 3.36. The molecule has 18 heavy (non-hydrogen) atoms. The summed E-state index contributed by atoms with van der Waals surface area (Å²) in [6.45, 7) is 3.39. The first-order chi connectivity index (χ1) is 8.43. The van der Waals surface area contributed by atoms with Gasteiger partial charge in [-0.15, -0.1) is 0 Å². The van der Waals surface area contributed by atoms with Crippen LogP contribution in [0.4, 0.5) is 0 Å². The molecule has 0 spiro atoms. The van der Waals surface area contributed by atoms with Crippen LogP contribution in [0.1, 0.15) is 24.2 Å². The molecule has 0 aliphatic carbocycles. The van der Waals surface area contributed by atoms with E-state index in [1.54, 1.807) is 19.9 Å². The molecule has 0 fully saturated rings. The van der Waals surface area contributed by atoms with Crippen molar-refractivity contribution in [3.8, 4) is 11.5 Å². The van der Waals surface area contributed by atoms with Crippen LogP contribution in [-0.4, -0.2) is 30.0 Å². The maximum Gasteiger partial charge on any atom is 0.251 e. The molecule has 1 heterocycles. The number of ether oxygens (including phenoxy) is 2. The molecule has 1 aromatic rings. The van der Waals surface area contributed by atoms with E-state index in [0.29, 0.717) is 22.1 Å². The maximum atomic E-state index is 12.0. The van der Waals surface area contributed by atoms with Gasteiger partial charge in [-0.1, -0.05) is 11.6 Å². The number of nitrogens with one attached hydrogen (secondary N) is 1. The molecule has 5 nitrogen and oxygen atoms in total. The summed E-state index contributed by atoms with van der Waals surface area (Å²) in [5.41, 5.74) is -0.328. The zero-order chi connectivity index (χ0) is 13.3. The van der Waals surface area contributed by atoms with Gasteiger partial charge in [-0.2, -0.15) is 0 Å². The number of carbonyl (C=O) groups is 1. The fraction of sp³-hybridized carbons (Fsp3) is 0.417. The van der Waals surface area contributed by atoms with Crippen molar-refractivity contribution in [1.82, 2.24) is 5.32 Å². The number of hydrogen-bond acceptors (Lipinski definition) is 4. The molecule has 0 saturated carbocycles. The van der Waals surface area contributed by atoms with Crippen LogP contribution in [0.3, 0.4) is 0 Å². The second-order valence-electron chi connectivity index (χ2n) is 4.69. The highest BCUT2D eigenvalue weighted by Gasteiger charge is 2.24. The lowest BCUT2D eigenvalue weighted by atomic mass is 10.1. The molecule has 1 aliphatic rings. The van der Waals surface area contributed by atoms with Crippen molar-refractivity contribution in [3.05, 3.63) is 22.7 Å². The van der Waals surface area contributed by atoms with E-state index in [1.807, 2.05) is 0 Å². The van der Waals surface area contributed by atoms with Gasteiger partial charge in [0, 0.05) is 5.56 Å². The zero-order valence-corrected chi connectivity index (χ0v) is 10.9. The number of benzene rings is 1. The normalized spacial score (nSPS) is 13.6. The van der Waals surface area contributed by atoms with Crippen molar-refractivity contribution in [2.24, 2.45) is 0 Å². The Balaban J connectivity index is 2.24. The van der Waals surface area contributed by atoms with Gasteiger partial charge in [0.15, 0.2) is 11.5 Å². The molecule has 1 amide bonds. The van der Waals surface area contributed by atoms with Gasteiger partial charge in [0.25, 0.3) is 5.91 Å². The number of carbonyl (C=O) groups excluding carboxylic acids is 1. The Morgan fingerprint density at radius 3 is 2.89 bits per heavy atom. The van der Waals surface area contributed by atoms with Crippen molar-refractivity contribution in [2.75, 3.05) is 13.4 Å². The molecular formula is C12H14ClNO4. The highest BCUT2D eigenvalue weighted by Crippen LogP contribution is 2.39. The standard InChI is InChI=1S/C12H14ClNO4/c1-12(2,5-15)14-11(16)7-3-8(13)10-9(4-7)17-6-18-10/h3-4,15H,5-6H2,1-2H3,(H,14,16). The summed E-state index contributed by atoms with van der Waals surface area (Å²) >= 11 is 5.99. The van der Waals surface area contributed by atoms with E-state index in [-0.39, 0.29) is 19.3 Å². The summed E-state index contributed by atoms with van der Waals surface area (Å²) < 4.78 is 10.4. The zero-order valence-electron chi connectivity index (χ0n) is 10.1. The number of rotatable bonds is 3. The number of aliphatic hydroxyl groups excluding tert-OH is 1. The molecule has 0 bridgehead atoms. The molecule has 1 aliphatic heterocycles. The van der Waals surface area contributed by atoms with Crippen molar-refractivity contribution in [1.29, 1.82) is 0 Å². The first-order valence-electron chi connectivity index (χ1n) is 5.45. The molecule has 0 saturated heterocycles. The van der Waals surface area contributed by atoms with Crippen LogP contribution < -0.4 is 14.8 Å². The second-order valence-corrected chi connectivity index (χ2v) is 5.10. The largest absolute Gasteiger partial charge is 0.454 e. The Morgan fingerprint density at radius 1 is 1.50 bits per heavy atom. The third kappa shape index (κ3) is 2.52. The summed E-state index contributed by atoms with van der Waals surface area (Å²) in [6.07, 6.45) is 0. The summed E-state index contributed by atoms with van der Waals surface area (Å²) in [6, 6.07) is 3.08. The minimum atomic E-state index is -0.695. The predicted octanol–water partition coefficient (Wildman–Crippen LogP) is 1.57. The smallest absolute Gasteiger partial charge is 0.251 e. The van der Waals surface area contributed by atoms with Crippen molar-refractivity contribution in [3.63, 3.8) is 0 Å². The molecule has 0 aromatic heterocycles. The molecular weight excluding hydrogens is 258 g/mol. The van der Waals surface area contributed by atoms with Gasteiger partial charge < -0.3 is 19.9 Å². The SMILES string of the molecule is CC(C)(CO)NC(=O)c1cc(Cl)c2c(c1)OCO2. The molecule has 2 N–H and O–H groups in total. The van der Waals surface area contributed by atoms with Crippen LogP contribution in [0.25, 0.3) is 0 Å². The molecule has 2 rings (SSSR count). The fourth-order valence-electron chi connectivity index (χ4n) is 1.52. The minimum absolute atomic E-state index is 0.0995. The highest BCUT2D eigenvalue weighted by molar-refractivity contribution is 6.32. The van der Waals surface area contributed by atoms with E-state index < -0.39 is 5.54 Å². The van der Waals surface area contributed by atoms with Crippen molar-refractivity contribution < 1.29 is 19.4 Å². The summed E-state index contributed by atoms with van der Waals surface area (Å²) in [4.78, 5) is 12.0. The lowest BCUT2D eigenvalue weighted by molar-refractivity contribution is 0.0869. The summed E-state index contributed by atoms with van der Waals surface area (Å²) in [7, 11) is 0. The van der Waals surface area contributed by atoms with E-state index in [4.69, 9.17) is 26.2 Å². The molecule has 0 atom stereocenters. The second kappa shape index (κ2) is 4.66. The van der Waals surface area contributed by atoms with E-state index >= 15 is 0 Å². The quantitative estimate of drug-likeness (QED) is 0.876. The van der Waals surface area contributed by atoms with Crippen LogP contribution in [-0.2, 0) is 0 Å². The van der Waals surface area contributed by atoms with E-state index in [2.05, 4.69) is 5.32 Å². The topological polar surface area (TPSA) is 67.8 Å². The number of aliphatic hydroxyl groups is 1. The Bertz CT molecular complexity index is 487. The molecule has 98 valence electrons. The Hall–Kier alpha value is -1.46. The van der Waals surface area contributed by atoms with Gasteiger partial charge in [-0.25, -0.2) is 0 Å². The highest BCUT2D eigenvalue weighted by atomic mass is 35.5. The van der Waals surface area contributed by atoms with Crippen LogP contribution in [0.5, 0.6) is 11.5 Å². The molecule has 6 heteroatoms. The van der Waals surface area contributed by atoms with Crippen LogP contribution in [0.15, 0.2) is 12.1 Å². The van der Waals surface area contributed by atoms with Crippen molar-refractivity contribution in [2.45, 2.75) is 19.4 Å². The third-order valence-corrected chi connectivity index (χ3v) is 2.82. The van der Waals surface area contributed by atoms with Crippen molar-refractivity contribution >= 4 is 17.5 Å². The third-order valence-electron chi connectivity index (χ3n) is 2.54. The van der Waals surface area contributed by atoms with Gasteiger partial charge >= 0.3 is 0 Å². The lowest BCUT2D eigenvalue weighted by Crippen LogP contribution is -2.46. The maximum absolute atomic E-state index is 12.0. The Labute approximate surface area is 110 Å². The summed E-state index contributed by atoms with van der Waals surface area (Å²) in [5, 5.41) is 12.1. The average Bonchev–Trinajstić information content (AvgIpc) is 2.77. The number of amides is 1. The van der Waals surface area contributed by atoms with Gasteiger partial charge in [-0.05, 0) is 26.0 Å². The van der Waals surface area contributed by atoms with Crippen LogP contribution in [0.2, 0.25) is 5.02 Å². The minimum Gasteiger partial charge on any atom is -0.454 e. The van der Waals surface area contributed by atoms with Gasteiger partial charge in [-0.3, -0.25) is 4.79 Å². The lowest BCUT2D eigenvalue weighted by Gasteiger charge is -2.23. The number of halogens is 1. The first-order valence-corrected chi connectivity index (χ1v) is 5.83. The Morgan fingerprint density at radius 2 is 2.22 bits per heavy atom. The summed E-state index contributed by atoms with van der Waals surface area (Å²) in [5.74, 6) is 0.582. The molecule has 1 aromatic carbocycles. The van der Waals surface area contributed by atoms with E-state index in [9.17, 15) is 4.79 Å². The molecule has 0 unspecified atom stereocenters. The van der Waals surface area contributed by atoms with Gasteiger partial charge in [0.2, 0.25) is 6.79 Å². The van der Waals surface area contributed by atoms with Gasteiger partial charge in [0.05, 0.1) is 17.2 Å². The monoisotopic (exact) mass is 271 g/mol. The number of fused-ring (bicyclic) bond motifs is 1. The van der Waals surface area contributed by atoms with E-state index in [0.717, 1.165) is 0 Å². The molecule has 0 radical (unpaired) electrons. The fourth-order valence-corrected chi connectivity index (χ4v) is 1.78. The van der Waals surface area contributed by atoms with E-state index in [1.165, 1.54) is 6.07 Å². The van der Waals surface area contributed by atoms with Gasteiger partial charge in [0.1, 0.15) is 0 Å².